The maximum absolute atomic E-state index is 12.7. The number of hydrogen-bond donors (Lipinski definition) is 1. The van der Waals surface area contributed by atoms with Crippen LogP contribution in [0.15, 0.2) is 29.4 Å². The normalized spacial score (nSPS) is 14.6. The summed E-state index contributed by atoms with van der Waals surface area (Å²) >= 11 is 1.44. The molecule has 8 nitrogen and oxygen atoms in total. The van der Waals surface area contributed by atoms with E-state index >= 15 is 0 Å². The third kappa shape index (κ3) is 6.07. The van der Waals surface area contributed by atoms with Crippen molar-refractivity contribution >= 4 is 23.6 Å². The third-order valence-corrected chi connectivity index (χ3v) is 6.36. The minimum Gasteiger partial charge on any atom is -0.355 e. The topological polar surface area (TPSA) is 83.4 Å². The number of rotatable bonds is 9. The van der Waals surface area contributed by atoms with Crippen molar-refractivity contribution in [2.24, 2.45) is 0 Å². The minimum absolute atomic E-state index is 0.0561. The number of benzene rings is 1. The van der Waals surface area contributed by atoms with E-state index in [-0.39, 0.29) is 11.8 Å². The van der Waals surface area contributed by atoms with Crippen LogP contribution < -0.4 is 5.32 Å². The van der Waals surface area contributed by atoms with Gasteiger partial charge in [-0.1, -0.05) is 43.0 Å². The van der Waals surface area contributed by atoms with Gasteiger partial charge in [0, 0.05) is 44.8 Å². The maximum Gasteiger partial charge on any atom is 0.234 e. The van der Waals surface area contributed by atoms with E-state index in [0.717, 1.165) is 48.2 Å². The zero-order valence-electron chi connectivity index (χ0n) is 18.6. The molecule has 0 bridgehead atoms. The van der Waals surface area contributed by atoms with Gasteiger partial charge in [-0.15, -0.1) is 10.2 Å². The van der Waals surface area contributed by atoms with Crippen LogP contribution in [0.3, 0.4) is 0 Å². The first-order valence-electron chi connectivity index (χ1n) is 10.9. The van der Waals surface area contributed by atoms with Crippen LogP contribution in [0.5, 0.6) is 0 Å². The van der Waals surface area contributed by atoms with Crippen LogP contribution in [-0.4, -0.2) is 81.4 Å². The third-order valence-electron chi connectivity index (χ3n) is 5.41. The first kappa shape index (κ1) is 23.3. The van der Waals surface area contributed by atoms with Gasteiger partial charge in [0.15, 0.2) is 11.0 Å². The van der Waals surface area contributed by atoms with Crippen molar-refractivity contribution in [3.05, 3.63) is 29.8 Å². The zero-order valence-corrected chi connectivity index (χ0v) is 19.5. The van der Waals surface area contributed by atoms with Gasteiger partial charge in [-0.25, -0.2) is 0 Å². The molecule has 3 rings (SSSR count). The second kappa shape index (κ2) is 11.3. The number of piperazine rings is 1. The maximum atomic E-state index is 12.7. The van der Waals surface area contributed by atoms with Gasteiger partial charge in [0.05, 0.1) is 12.3 Å². The van der Waals surface area contributed by atoms with Gasteiger partial charge in [-0.2, -0.15) is 0 Å². The molecule has 31 heavy (non-hydrogen) atoms. The van der Waals surface area contributed by atoms with Crippen LogP contribution >= 0.6 is 11.8 Å². The summed E-state index contributed by atoms with van der Waals surface area (Å²) in [5.41, 5.74) is 2.22. The molecular formula is C22H32N6O2S. The first-order valence-corrected chi connectivity index (χ1v) is 11.9. The van der Waals surface area contributed by atoms with E-state index in [9.17, 15) is 9.59 Å². The summed E-state index contributed by atoms with van der Waals surface area (Å²) in [6.45, 7) is 10.8. The van der Waals surface area contributed by atoms with Crippen LogP contribution in [0, 0.1) is 6.92 Å². The Hall–Kier alpha value is -2.39. The molecule has 0 radical (unpaired) electrons. The fourth-order valence-corrected chi connectivity index (χ4v) is 4.51. The van der Waals surface area contributed by atoms with E-state index in [1.54, 1.807) is 0 Å². The number of hydrogen-bond acceptors (Lipinski definition) is 6. The molecule has 2 heterocycles. The molecule has 0 atom stereocenters. The van der Waals surface area contributed by atoms with Crippen LogP contribution in [0.1, 0.15) is 25.8 Å². The number of thioether (sulfide) groups is 1. The highest BCUT2D eigenvalue weighted by Crippen LogP contribution is 2.26. The highest BCUT2D eigenvalue weighted by Gasteiger charge is 2.23. The van der Waals surface area contributed by atoms with Crippen LogP contribution in [0.4, 0.5) is 0 Å². The van der Waals surface area contributed by atoms with Gasteiger partial charge in [-0.3, -0.25) is 14.5 Å². The largest absolute Gasteiger partial charge is 0.355 e. The number of amides is 2. The number of aryl methyl sites for hydroxylation is 1. The van der Waals surface area contributed by atoms with Crippen molar-refractivity contribution in [1.82, 2.24) is 29.9 Å². The number of aromatic nitrogens is 3. The van der Waals surface area contributed by atoms with Crippen LogP contribution in [0.2, 0.25) is 0 Å². The minimum atomic E-state index is 0.0561. The monoisotopic (exact) mass is 444 g/mol. The molecule has 9 heteroatoms. The highest BCUT2D eigenvalue weighted by molar-refractivity contribution is 7.99. The van der Waals surface area contributed by atoms with E-state index < -0.39 is 0 Å². The van der Waals surface area contributed by atoms with Gasteiger partial charge in [0.25, 0.3) is 0 Å². The van der Waals surface area contributed by atoms with Crippen LogP contribution in [0.25, 0.3) is 11.4 Å². The standard InChI is InChI=1S/C22H32N6O2S/c1-4-10-23-19(29)15-26-11-13-27(14-12-26)20(30)16-31-22-25-24-21(28(22)5-2)18-9-7-6-8-17(18)3/h6-9H,4-5,10-16H2,1-3H3,(H,23,29). The summed E-state index contributed by atoms with van der Waals surface area (Å²) in [4.78, 5) is 28.6. The molecule has 0 spiro atoms. The Morgan fingerprint density at radius 1 is 1.10 bits per heavy atom. The zero-order chi connectivity index (χ0) is 22.2. The van der Waals surface area contributed by atoms with Crippen molar-refractivity contribution in [1.29, 1.82) is 0 Å². The molecular weight excluding hydrogens is 412 g/mol. The lowest BCUT2D eigenvalue weighted by Crippen LogP contribution is -2.51. The SMILES string of the molecule is CCCNC(=O)CN1CCN(C(=O)CSc2nnc(-c3ccccc3C)n2CC)CC1. The summed E-state index contributed by atoms with van der Waals surface area (Å²) in [5.74, 6) is 1.33. The molecule has 1 N–H and O–H groups in total. The summed E-state index contributed by atoms with van der Waals surface area (Å²) in [6.07, 6.45) is 0.934. The average molecular weight is 445 g/mol. The first-order chi connectivity index (χ1) is 15.0. The van der Waals surface area contributed by atoms with E-state index in [1.807, 2.05) is 30.0 Å². The molecule has 0 aliphatic carbocycles. The van der Waals surface area contributed by atoms with Crippen molar-refractivity contribution in [3.8, 4) is 11.4 Å². The molecule has 1 aliphatic heterocycles. The second-order valence-corrected chi connectivity index (χ2v) is 8.60. The van der Waals surface area contributed by atoms with Crippen molar-refractivity contribution in [2.45, 2.75) is 38.9 Å². The Morgan fingerprint density at radius 3 is 2.52 bits per heavy atom. The van der Waals surface area contributed by atoms with Crippen LogP contribution in [-0.2, 0) is 16.1 Å². The fraction of sp³-hybridized carbons (Fsp3) is 0.545. The van der Waals surface area contributed by atoms with Gasteiger partial charge >= 0.3 is 0 Å². The molecule has 0 saturated carbocycles. The van der Waals surface area contributed by atoms with Gasteiger partial charge < -0.3 is 14.8 Å². The molecule has 1 aromatic heterocycles. The lowest BCUT2D eigenvalue weighted by atomic mass is 10.1. The molecule has 1 aliphatic rings. The van der Waals surface area contributed by atoms with E-state index in [1.165, 1.54) is 11.8 Å². The van der Waals surface area contributed by atoms with E-state index in [2.05, 4.69) is 44.9 Å². The van der Waals surface area contributed by atoms with E-state index in [0.29, 0.717) is 31.9 Å². The summed E-state index contributed by atoms with van der Waals surface area (Å²) < 4.78 is 2.06. The quantitative estimate of drug-likeness (QED) is 0.596. The average Bonchev–Trinajstić information content (AvgIpc) is 3.19. The van der Waals surface area contributed by atoms with Crippen molar-refractivity contribution in [3.63, 3.8) is 0 Å². The number of carbonyl (C=O) groups excluding carboxylic acids is 2. The predicted octanol–water partition coefficient (Wildman–Crippen LogP) is 2.04. The summed E-state index contributed by atoms with van der Waals surface area (Å²) in [6, 6.07) is 8.12. The molecule has 1 saturated heterocycles. The predicted molar refractivity (Wildman–Crippen MR) is 123 cm³/mol. The smallest absolute Gasteiger partial charge is 0.234 e. The Balaban J connectivity index is 1.52. The van der Waals surface area contributed by atoms with Gasteiger partial charge in [0.2, 0.25) is 11.8 Å². The molecule has 1 aromatic carbocycles. The molecule has 168 valence electrons. The fourth-order valence-electron chi connectivity index (χ4n) is 3.60. The molecule has 1 fully saturated rings. The lowest BCUT2D eigenvalue weighted by Gasteiger charge is -2.34. The Morgan fingerprint density at radius 2 is 1.84 bits per heavy atom. The van der Waals surface area contributed by atoms with Crippen molar-refractivity contribution in [2.75, 3.05) is 45.0 Å². The molecule has 2 amide bonds. The lowest BCUT2D eigenvalue weighted by molar-refractivity contribution is -0.130. The number of carbonyl (C=O) groups is 2. The number of nitrogens with one attached hydrogen (secondary N) is 1. The van der Waals surface area contributed by atoms with Crippen molar-refractivity contribution < 1.29 is 9.59 Å². The molecule has 0 unspecified atom stereocenters. The van der Waals surface area contributed by atoms with Gasteiger partial charge in [0.1, 0.15) is 0 Å². The Kier molecular flexibility index (Phi) is 8.48. The Bertz CT molecular complexity index is 892. The summed E-state index contributed by atoms with van der Waals surface area (Å²) in [5, 5.41) is 12.4. The van der Waals surface area contributed by atoms with E-state index in [4.69, 9.17) is 0 Å². The van der Waals surface area contributed by atoms with Gasteiger partial charge in [-0.05, 0) is 25.8 Å². The Labute approximate surface area is 188 Å². The highest BCUT2D eigenvalue weighted by atomic mass is 32.2. The molecule has 2 aromatic rings. The second-order valence-electron chi connectivity index (χ2n) is 7.66. The number of nitrogens with zero attached hydrogens (tertiary/aromatic N) is 5. The summed E-state index contributed by atoms with van der Waals surface area (Å²) in [7, 11) is 0.